The van der Waals surface area contributed by atoms with Crippen molar-refractivity contribution in [2.75, 3.05) is 5.32 Å². The van der Waals surface area contributed by atoms with E-state index < -0.39 is 21.0 Å². The average Bonchev–Trinajstić information content (AvgIpc) is 3.16. The number of hydrogen-bond donors (Lipinski definition) is 1. The van der Waals surface area contributed by atoms with Crippen molar-refractivity contribution in [2.24, 2.45) is 0 Å². The summed E-state index contributed by atoms with van der Waals surface area (Å²) in [7, 11) is -3.37. The number of ketones is 1. The molecule has 8 nitrogen and oxygen atoms in total. The van der Waals surface area contributed by atoms with E-state index in [1.807, 2.05) is 0 Å². The third-order valence-electron chi connectivity index (χ3n) is 4.25. The largest absolute Gasteiger partial charge is 0.403 e. The van der Waals surface area contributed by atoms with Crippen LogP contribution in [-0.4, -0.2) is 35.6 Å². The quantitative estimate of drug-likeness (QED) is 0.615. The maximum absolute atomic E-state index is 12.3. The Balaban J connectivity index is 1.73. The van der Waals surface area contributed by atoms with E-state index in [0.717, 1.165) is 0 Å². The molecule has 0 fully saturated rings. The van der Waals surface area contributed by atoms with Gasteiger partial charge in [-0.05, 0) is 57.2 Å². The molecule has 1 N–H and O–H groups in total. The fraction of sp³-hybridized carbons (Fsp3) is 0.200. The van der Waals surface area contributed by atoms with Gasteiger partial charge in [-0.1, -0.05) is 17.2 Å². The van der Waals surface area contributed by atoms with Gasteiger partial charge in [0.15, 0.2) is 15.6 Å². The SMILES string of the molecule is CC(=O)c1ccc(C(=O)Nc2nnc(-c3ccc(S(=O)(=O)C(C)C)cc3)o2)cc1. The number of sulfone groups is 1. The van der Waals surface area contributed by atoms with Crippen LogP contribution in [0.2, 0.25) is 0 Å². The normalized spacial score (nSPS) is 11.4. The van der Waals surface area contributed by atoms with Crippen molar-refractivity contribution in [1.29, 1.82) is 0 Å². The number of aromatic nitrogens is 2. The summed E-state index contributed by atoms with van der Waals surface area (Å²) in [4.78, 5) is 23.8. The Labute approximate surface area is 167 Å². The molecule has 3 aromatic rings. The van der Waals surface area contributed by atoms with Crippen molar-refractivity contribution in [1.82, 2.24) is 10.2 Å². The van der Waals surface area contributed by atoms with Gasteiger partial charge >= 0.3 is 6.01 Å². The predicted octanol–water partition coefficient (Wildman–Crippen LogP) is 3.37. The van der Waals surface area contributed by atoms with Crippen molar-refractivity contribution < 1.29 is 22.4 Å². The van der Waals surface area contributed by atoms with Crippen LogP contribution in [0.25, 0.3) is 11.5 Å². The molecule has 1 aromatic heterocycles. The summed E-state index contributed by atoms with van der Waals surface area (Å²) in [5, 5.41) is 9.62. The van der Waals surface area contributed by atoms with Gasteiger partial charge in [0.05, 0.1) is 10.1 Å². The molecule has 0 saturated heterocycles. The monoisotopic (exact) mass is 413 g/mol. The van der Waals surface area contributed by atoms with Gasteiger partial charge in [-0.2, -0.15) is 0 Å². The van der Waals surface area contributed by atoms with E-state index in [4.69, 9.17) is 4.42 Å². The molecule has 0 atom stereocenters. The van der Waals surface area contributed by atoms with Gasteiger partial charge in [0.1, 0.15) is 0 Å². The highest BCUT2D eigenvalue weighted by molar-refractivity contribution is 7.92. The Hall–Kier alpha value is -3.33. The molecule has 0 spiro atoms. The molecule has 0 radical (unpaired) electrons. The van der Waals surface area contributed by atoms with Gasteiger partial charge in [0, 0.05) is 16.7 Å². The zero-order valence-electron chi connectivity index (χ0n) is 16.0. The summed E-state index contributed by atoms with van der Waals surface area (Å²) < 4.78 is 29.8. The molecule has 0 bridgehead atoms. The van der Waals surface area contributed by atoms with Crippen molar-refractivity contribution in [3.63, 3.8) is 0 Å². The first-order chi connectivity index (χ1) is 13.7. The molecule has 3 rings (SSSR count). The third-order valence-corrected chi connectivity index (χ3v) is 6.42. The standard InChI is InChI=1S/C20H19N3O5S/c1-12(2)29(26,27)17-10-8-16(9-11-17)19-22-23-20(28-19)21-18(25)15-6-4-14(5-7-15)13(3)24/h4-12H,1-3H3,(H,21,23,25). The fourth-order valence-electron chi connectivity index (χ4n) is 2.48. The molecule has 0 aliphatic rings. The third kappa shape index (κ3) is 4.40. The lowest BCUT2D eigenvalue weighted by atomic mass is 10.1. The summed E-state index contributed by atoms with van der Waals surface area (Å²) >= 11 is 0. The number of rotatable bonds is 6. The van der Waals surface area contributed by atoms with Gasteiger partial charge in [0.25, 0.3) is 5.91 Å². The number of hydrogen-bond acceptors (Lipinski definition) is 7. The van der Waals surface area contributed by atoms with Crippen molar-refractivity contribution >= 4 is 27.5 Å². The lowest BCUT2D eigenvalue weighted by Gasteiger charge is -2.07. The zero-order valence-corrected chi connectivity index (χ0v) is 16.9. The Kier molecular flexibility index (Phi) is 5.60. The number of benzene rings is 2. The number of nitrogens with one attached hydrogen (secondary N) is 1. The van der Waals surface area contributed by atoms with Crippen LogP contribution in [0.1, 0.15) is 41.5 Å². The first kappa shape index (κ1) is 20.4. The van der Waals surface area contributed by atoms with Crippen LogP contribution in [0.5, 0.6) is 0 Å². The van der Waals surface area contributed by atoms with E-state index in [-0.39, 0.29) is 22.6 Å². The van der Waals surface area contributed by atoms with E-state index in [0.29, 0.717) is 16.7 Å². The van der Waals surface area contributed by atoms with E-state index in [9.17, 15) is 18.0 Å². The molecule has 0 saturated carbocycles. The molecule has 0 aliphatic carbocycles. The topological polar surface area (TPSA) is 119 Å². The van der Waals surface area contributed by atoms with E-state index in [1.165, 1.54) is 31.2 Å². The molecule has 0 aliphatic heterocycles. The van der Waals surface area contributed by atoms with Crippen LogP contribution in [0.4, 0.5) is 6.01 Å². The zero-order chi connectivity index (χ0) is 21.2. The number of carbonyl (C=O) groups is 2. The van der Waals surface area contributed by atoms with Crippen LogP contribution < -0.4 is 5.32 Å². The number of Topliss-reactive ketones (excluding diaryl/α,β-unsaturated/α-hetero) is 1. The minimum atomic E-state index is -3.37. The Morgan fingerprint density at radius 1 is 0.931 bits per heavy atom. The maximum atomic E-state index is 12.3. The highest BCUT2D eigenvalue weighted by Gasteiger charge is 2.19. The van der Waals surface area contributed by atoms with Crippen molar-refractivity contribution in [2.45, 2.75) is 30.9 Å². The molecule has 0 unspecified atom stereocenters. The van der Waals surface area contributed by atoms with Crippen LogP contribution in [0.15, 0.2) is 57.8 Å². The van der Waals surface area contributed by atoms with Gasteiger partial charge in [-0.25, -0.2) is 8.42 Å². The average molecular weight is 413 g/mol. The first-order valence-corrected chi connectivity index (χ1v) is 10.3. The summed E-state index contributed by atoms with van der Waals surface area (Å²) in [6, 6.07) is 12.2. The number of amides is 1. The molecule has 9 heteroatoms. The lowest BCUT2D eigenvalue weighted by Crippen LogP contribution is -2.13. The van der Waals surface area contributed by atoms with Crippen LogP contribution in [0.3, 0.4) is 0 Å². The van der Waals surface area contributed by atoms with E-state index in [1.54, 1.807) is 38.1 Å². The molecule has 150 valence electrons. The van der Waals surface area contributed by atoms with Gasteiger partial charge in [-0.3, -0.25) is 14.9 Å². The number of carbonyl (C=O) groups excluding carboxylic acids is 2. The lowest BCUT2D eigenvalue weighted by molar-refractivity contribution is 0.100. The summed E-state index contributed by atoms with van der Waals surface area (Å²) in [5.74, 6) is -0.417. The second-order valence-corrected chi connectivity index (χ2v) is 9.12. The molecule has 2 aromatic carbocycles. The molecular formula is C20H19N3O5S. The summed E-state index contributed by atoms with van der Waals surface area (Å²) in [6.07, 6.45) is 0. The highest BCUT2D eigenvalue weighted by Crippen LogP contribution is 2.23. The fourth-order valence-corrected chi connectivity index (χ4v) is 3.54. The van der Waals surface area contributed by atoms with E-state index >= 15 is 0 Å². The Bertz CT molecular complexity index is 1150. The van der Waals surface area contributed by atoms with Crippen molar-refractivity contribution in [3.05, 3.63) is 59.7 Å². The molecule has 1 heterocycles. The first-order valence-electron chi connectivity index (χ1n) is 8.78. The highest BCUT2D eigenvalue weighted by atomic mass is 32.2. The van der Waals surface area contributed by atoms with Crippen LogP contribution in [0, 0.1) is 0 Å². The second kappa shape index (κ2) is 7.96. The summed E-state index contributed by atoms with van der Waals surface area (Å²) in [6.45, 7) is 4.67. The van der Waals surface area contributed by atoms with Crippen molar-refractivity contribution in [3.8, 4) is 11.5 Å². The molecular weight excluding hydrogens is 394 g/mol. The smallest absolute Gasteiger partial charge is 0.322 e. The predicted molar refractivity (Wildman–Crippen MR) is 106 cm³/mol. The number of anilines is 1. The van der Waals surface area contributed by atoms with Gasteiger partial charge in [-0.15, -0.1) is 5.10 Å². The van der Waals surface area contributed by atoms with Crippen LogP contribution in [-0.2, 0) is 9.84 Å². The summed E-state index contributed by atoms with van der Waals surface area (Å²) in [5.41, 5.74) is 1.36. The Morgan fingerprint density at radius 3 is 2.07 bits per heavy atom. The molecule has 1 amide bonds. The minimum Gasteiger partial charge on any atom is -0.403 e. The number of nitrogens with zero attached hydrogens (tertiary/aromatic N) is 2. The van der Waals surface area contributed by atoms with Gasteiger partial charge < -0.3 is 4.42 Å². The van der Waals surface area contributed by atoms with Crippen LogP contribution >= 0.6 is 0 Å². The maximum Gasteiger partial charge on any atom is 0.322 e. The van der Waals surface area contributed by atoms with Gasteiger partial charge in [0.2, 0.25) is 5.89 Å². The van der Waals surface area contributed by atoms with E-state index in [2.05, 4.69) is 15.5 Å². The minimum absolute atomic E-state index is 0.0919. The second-order valence-electron chi connectivity index (χ2n) is 6.62. The molecule has 29 heavy (non-hydrogen) atoms. The Morgan fingerprint density at radius 2 is 1.52 bits per heavy atom.